The number of hydrogen-bond acceptors (Lipinski definition) is 3. The molecule has 9 aromatic rings. The van der Waals surface area contributed by atoms with E-state index in [1.165, 1.54) is 43.4 Å². The highest BCUT2D eigenvalue weighted by atomic mass is 16.3. The summed E-state index contributed by atoms with van der Waals surface area (Å²) in [7, 11) is 0. The van der Waals surface area contributed by atoms with Gasteiger partial charge < -0.3 is 4.42 Å². The molecule has 9 rings (SSSR count). The van der Waals surface area contributed by atoms with E-state index < -0.39 is 0 Å². The highest BCUT2D eigenvalue weighted by molar-refractivity contribution is 6.27. The van der Waals surface area contributed by atoms with Gasteiger partial charge in [0.25, 0.3) is 0 Å². The summed E-state index contributed by atoms with van der Waals surface area (Å²) in [4.78, 5) is 9.10. The van der Waals surface area contributed by atoms with Crippen molar-refractivity contribution < 1.29 is 4.42 Å². The molecule has 190 valence electrons. The standard InChI is InChI=1S/C38H22N2O/c1-2-11-34-29(8-1)32-10-4-9-28(37(32)41-34)26-7-3-6-25(22-26)27-16-12-23-14-18-31-33(38-39-20-5-21-40-38)19-15-24-13-17-30(27)35(23)36(24)31/h1-22H. The first kappa shape index (κ1) is 22.3. The molecular formula is C38H22N2O. The van der Waals surface area contributed by atoms with Crippen LogP contribution in [-0.4, -0.2) is 9.97 Å². The van der Waals surface area contributed by atoms with E-state index in [0.29, 0.717) is 0 Å². The largest absolute Gasteiger partial charge is 0.455 e. The molecular weight excluding hydrogens is 500 g/mol. The second-order valence-electron chi connectivity index (χ2n) is 10.6. The summed E-state index contributed by atoms with van der Waals surface area (Å²) in [5, 5.41) is 9.70. The zero-order chi connectivity index (χ0) is 26.9. The molecule has 0 amide bonds. The first-order chi connectivity index (χ1) is 20.3. The molecule has 0 fully saturated rings. The third kappa shape index (κ3) is 3.26. The summed E-state index contributed by atoms with van der Waals surface area (Å²) < 4.78 is 6.37. The van der Waals surface area contributed by atoms with Crippen LogP contribution in [0.2, 0.25) is 0 Å². The average molecular weight is 523 g/mol. The molecule has 7 aromatic carbocycles. The van der Waals surface area contributed by atoms with Crippen LogP contribution >= 0.6 is 0 Å². The Labute approximate surface area is 235 Å². The number of nitrogens with zero attached hydrogens (tertiary/aromatic N) is 2. The first-order valence-corrected chi connectivity index (χ1v) is 13.8. The Bertz CT molecular complexity index is 2420. The molecule has 3 nitrogen and oxygen atoms in total. The topological polar surface area (TPSA) is 38.9 Å². The summed E-state index contributed by atoms with van der Waals surface area (Å²) in [5.74, 6) is 0.748. The van der Waals surface area contributed by atoms with E-state index in [2.05, 4.69) is 113 Å². The van der Waals surface area contributed by atoms with E-state index in [9.17, 15) is 0 Å². The number of fused-ring (bicyclic) bond motifs is 3. The van der Waals surface area contributed by atoms with Crippen molar-refractivity contribution in [1.82, 2.24) is 9.97 Å². The van der Waals surface area contributed by atoms with Gasteiger partial charge >= 0.3 is 0 Å². The number of furan rings is 1. The summed E-state index contributed by atoms with van der Waals surface area (Å²) in [5.41, 5.74) is 7.54. The second kappa shape index (κ2) is 8.48. The van der Waals surface area contributed by atoms with Crippen LogP contribution in [0.4, 0.5) is 0 Å². The highest BCUT2D eigenvalue weighted by Crippen LogP contribution is 2.43. The zero-order valence-corrected chi connectivity index (χ0v) is 22.0. The lowest BCUT2D eigenvalue weighted by molar-refractivity contribution is 0.670. The monoisotopic (exact) mass is 522 g/mol. The van der Waals surface area contributed by atoms with Crippen LogP contribution in [0, 0.1) is 0 Å². The van der Waals surface area contributed by atoms with Crippen molar-refractivity contribution in [2.24, 2.45) is 0 Å². The maximum atomic E-state index is 6.37. The van der Waals surface area contributed by atoms with Gasteiger partial charge in [0, 0.05) is 34.3 Å². The normalized spacial score (nSPS) is 11.9. The van der Waals surface area contributed by atoms with Crippen molar-refractivity contribution in [2.45, 2.75) is 0 Å². The van der Waals surface area contributed by atoms with Gasteiger partial charge in [-0.05, 0) is 73.3 Å². The Hall–Kier alpha value is -5.54. The molecule has 0 aliphatic heterocycles. The van der Waals surface area contributed by atoms with E-state index in [0.717, 1.165) is 44.5 Å². The maximum absolute atomic E-state index is 6.37. The minimum atomic E-state index is 0.748. The van der Waals surface area contributed by atoms with Crippen LogP contribution in [0.1, 0.15) is 0 Å². The molecule has 0 atom stereocenters. The molecule has 0 aliphatic rings. The Morgan fingerprint density at radius 1 is 0.439 bits per heavy atom. The van der Waals surface area contributed by atoms with Gasteiger partial charge in [0.2, 0.25) is 0 Å². The lowest BCUT2D eigenvalue weighted by Crippen LogP contribution is -1.92. The Balaban J connectivity index is 1.27. The Kier molecular flexibility index (Phi) is 4.61. The number of para-hydroxylation sites is 2. The summed E-state index contributed by atoms with van der Waals surface area (Å²) in [6, 6.07) is 43.1. The van der Waals surface area contributed by atoms with E-state index in [-0.39, 0.29) is 0 Å². The predicted octanol–water partition coefficient (Wildman–Crippen LogP) is 10.3. The third-order valence-corrected chi connectivity index (χ3v) is 8.36. The molecule has 0 unspecified atom stereocenters. The van der Waals surface area contributed by atoms with Crippen LogP contribution in [0.25, 0.3) is 87.9 Å². The number of rotatable bonds is 3. The third-order valence-electron chi connectivity index (χ3n) is 8.36. The van der Waals surface area contributed by atoms with E-state index in [1.54, 1.807) is 12.4 Å². The molecule has 3 heteroatoms. The molecule has 0 N–H and O–H groups in total. The molecule has 0 saturated heterocycles. The number of aromatic nitrogens is 2. The van der Waals surface area contributed by atoms with Gasteiger partial charge in [-0.15, -0.1) is 0 Å². The Morgan fingerprint density at radius 2 is 1.07 bits per heavy atom. The molecule has 41 heavy (non-hydrogen) atoms. The van der Waals surface area contributed by atoms with Crippen molar-refractivity contribution in [2.75, 3.05) is 0 Å². The molecule has 0 saturated carbocycles. The maximum Gasteiger partial charge on any atom is 0.159 e. The van der Waals surface area contributed by atoms with Gasteiger partial charge in [-0.1, -0.05) is 97.1 Å². The lowest BCUT2D eigenvalue weighted by Gasteiger charge is -2.16. The number of benzene rings is 7. The summed E-state index contributed by atoms with van der Waals surface area (Å²) in [6.45, 7) is 0. The summed E-state index contributed by atoms with van der Waals surface area (Å²) in [6.07, 6.45) is 3.61. The van der Waals surface area contributed by atoms with Gasteiger partial charge in [0.1, 0.15) is 11.2 Å². The zero-order valence-electron chi connectivity index (χ0n) is 22.0. The van der Waals surface area contributed by atoms with Crippen LogP contribution in [0.3, 0.4) is 0 Å². The van der Waals surface area contributed by atoms with Crippen molar-refractivity contribution >= 4 is 54.3 Å². The molecule has 0 bridgehead atoms. The highest BCUT2D eigenvalue weighted by Gasteiger charge is 2.17. The van der Waals surface area contributed by atoms with Crippen LogP contribution < -0.4 is 0 Å². The van der Waals surface area contributed by atoms with Gasteiger partial charge in [0.15, 0.2) is 5.82 Å². The van der Waals surface area contributed by atoms with Gasteiger partial charge in [-0.25, -0.2) is 9.97 Å². The lowest BCUT2D eigenvalue weighted by atomic mass is 9.88. The second-order valence-corrected chi connectivity index (χ2v) is 10.6. The predicted molar refractivity (Wildman–Crippen MR) is 169 cm³/mol. The molecule has 0 aliphatic carbocycles. The average Bonchev–Trinajstić information content (AvgIpc) is 3.43. The molecule has 2 heterocycles. The van der Waals surface area contributed by atoms with Crippen molar-refractivity contribution in [1.29, 1.82) is 0 Å². The molecule has 0 radical (unpaired) electrons. The smallest absolute Gasteiger partial charge is 0.159 e. The van der Waals surface area contributed by atoms with Crippen LogP contribution in [-0.2, 0) is 0 Å². The molecule has 2 aromatic heterocycles. The van der Waals surface area contributed by atoms with E-state index in [1.807, 2.05) is 18.2 Å². The quantitative estimate of drug-likeness (QED) is 0.217. The van der Waals surface area contributed by atoms with Crippen LogP contribution in [0.15, 0.2) is 138 Å². The van der Waals surface area contributed by atoms with Gasteiger partial charge in [0.05, 0.1) is 0 Å². The molecule has 0 spiro atoms. The van der Waals surface area contributed by atoms with E-state index in [4.69, 9.17) is 4.42 Å². The minimum Gasteiger partial charge on any atom is -0.455 e. The fourth-order valence-electron chi connectivity index (χ4n) is 6.51. The Morgan fingerprint density at radius 3 is 1.88 bits per heavy atom. The minimum absolute atomic E-state index is 0.748. The van der Waals surface area contributed by atoms with Gasteiger partial charge in [-0.2, -0.15) is 0 Å². The van der Waals surface area contributed by atoms with E-state index >= 15 is 0 Å². The van der Waals surface area contributed by atoms with Crippen molar-refractivity contribution in [3.05, 3.63) is 134 Å². The van der Waals surface area contributed by atoms with Crippen molar-refractivity contribution in [3.8, 4) is 33.6 Å². The SMILES string of the molecule is c1cnc(-c2ccc3ccc4c(-c5cccc(-c6cccc7c6oc6ccccc67)c5)ccc5ccc2c3c54)nc1. The first-order valence-electron chi connectivity index (χ1n) is 13.8. The fourth-order valence-corrected chi connectivity index (χ4v) is 6.51. The van der Waals surface area contributed by atoms with Crippen molar-refractivity contribution in [3.63, 3.8) is 0 Å². The van der Waals surface area contributed by atoms with Gasteiger partial charge in [-0.3, -0.25) is 0 Å². The fraction of sp³-hybridized carbons (Fsp3) is 0. The number of hydrogen-bond donors (Lipinski definition) is 0. The van der Waals surface area contributed by atoms with Crippen LogP contribution in [0.5, 0.6) is 0 Å². The summed E-state index contributed by atoms with van der Waals surface area (Å²) >= 11 is 0.